The number of aryl methyl sites for hydroxylation is 1. The van der Waals surface area contributed by atoms with Crippen LogP contribution < -0.4 is 10.6 Å². The molecule has 4 nitrogen and oxygen atoms in total. The lowest BCUT2D eigenvalue weighted by atomic mass is 9.89. The second-order valence-corrected chi connectivity index (χ2v) is 5.93. The molecule has 2 heterocycles. The van der Waals surface area contributed by atoms with Gasteiger partial charge in [-0.05, 0) is 44.1 Å². The fraction of sp³-hybridized carbons (Fsp3) is 0.733. The third-order valence-electron chi connectivity index (χ3n) is 4.10. The Balaban J connectivity index is 2.11. The fourth-order valence-corrected chi connectivity index (χ4v) is 2.85. The molecule has 2 rings (SSSR count). The van der Waals surface area contributed by atoms with Gasteiger partial charge in [0.05, 0.1) is 5.69 Å². The molecule has 0 amide bonds. The zero-order chi connectivity index (χ0) is 13.8. The first-order chi connectivity index (χ1) is 9.10. The third-order valence-corrected chi connectivity index (χ3v) is 4.10. The summed E-state index contributed by atoms with van der Waals surface area (Å²) < 4.78 is 0. The van der Waals surface area contributed by atoms with Crippen LogP contribution in [0.15, 0.2) is 6.07 Å². The predicted molar refractivity (Wildman–Crippen MR) is 79.1 cm³/mol. The number of hydrogen-bond donors (Lipinski definition) is 1. The van der Waals surface area contributed by atoms with E-state index in [1.54, 1.807) is 0 Å². The Morgan fingerprint density at radius 1 is 1.32 bits per heavy atom. The number of hydrogen-bond acceptors (Lipinski definition) is 4. The van der Waals surface area contributed by atoms with Gasteiger partial charge in [-0.3, -0.25) is 0 Å². The highest BCUT2D eigenvalue weighted by Gasteiger charge is 2.21. The molecule has 1 fully saturated rings. The molecule has 1 saturated heterocycles. The van der Waals surface area contributed by atoms with Crippen LogP contribution in [0.25, 0.3) is 0 Å². The van der Waals surface area contributed by atoms with Crippen LogP contribution >= 0.6 is 0 Å². The first-order valence-electron chi connectivity index (χ1n) is 7.39. The van der Waals surface area contributed by atoms with E-state index >= 15 is 0 Å². The molecule has 1 aliphatic rings. The summed E-state index contributed by atoms with van der Waals surface area (Å²) in [5.41, 5.74) is 7.65. The van der Waals surface area contributed by atoms with Gasteiger partial charge in [0.15, 0.2) is 0 Å². The zero-order valence-electron chi connectivity index (χ0n) is 12.4. The van der Waals surface area contributed by atoms with Crippen molar-refractivity contribution in [3.8, 4) is 0 Å². The standard InChI is InChI=1S/C15H26N4/c1-11(2)13-5-4-7-19(8-6-13)15-17-12(3)9-14(10-16)18-15/h9,11,13H,4-8,10,16H2,1-3H3. The van der Waals surface area contributed by atoms with E-state index < -0.39 is 0 Å². The van der Waals surface area contributed by atoms with E-state index in [0.717, 1.165) is 42.3 Å². The van der Waals surface area contributed by atoms with Gasteiger partial charge in [-0.2, -0.15) is 0 Å². The van der Waals surface area contributed by atoms with Gasteiger partial charge in [0.1, 0.15) is 0 Å². The van der Waals surface area contributed by atoms with E-state index in [0.29, 0.717) is 6.54 Å². The average molecular weight is 262 g/mol. The van der Waals surface area contributed by atoms with Crippen molar-refractivity contribution in [2.75, 3.05) is 18.0 Å². The molecular weight excluding hydrogens is 236 g/mol. The number of rotatable bonds is 3. The molecule has 0 spiro atoms. The molecule has 19 heavy (non-hydrogen) atoms. The molecule has 0 aromatic carbocycles. The van der Waals surface area contributed by atoms with E-state index in [4.69, 9.17) is 5.73 Å². The van der Waals surface area contributed by atoms with E-state index in [1.807, 2.05) is 13.0 Å². The normalized spacial score (nSPS) is 20.7. The molecule has 0 saturated carbocycles. The highest BCUT2D eigenvalue weighted by molar-refractivity contribution is 5.32. The third kappa shape index (κ3) is 3.66. The van der Waals surface area contributed by atoms with Crippen molar-refractivity contribution in [2.24, 2.45) is 17.6 Å². The van der Waals surface area contributed by atoms with Crippen LogP contribution in [0.3, 0.4) is 0 Å². The van der Waals surface area contributed by atoms with Crippen molar-refractivity contribution in [1.82, 2.24) is 9.97 Å². The molecule has 0 aliphatic carbocycles. The van der Waals surface area contributed by atoms with Crippen LogP contribution in [0.1, 0.15) is 44.5 Å². The van der Waals surface area contributed by atoms with Gasteiger partial charge in [-0.25, -0.2) is 9.97 Å². The summed E-state index contributed by atoms with van der Waals surface area (Å²) in [6.45, 7) is 9.29. The molecular formula is C15H26N4. The van der Waals surface area contributed by atoms with Crippen molar-refractivity contribution >= 4 is 5.95 Å². The molecule has 1 aliphatic heterocycles. The summed E-state index contributed by atoms with van der Waals surface area (Å²) in [5, 5.41) is 0. The lowest BCUT2D eigenvalue weighted by Gasteiger charge is -2.22. The van der Waals surface area contributed by atoms with Gasteiger partial charge >= 0.3 is 0 Å². The highest BCUT2D eigenvalue weighted by Crippen LogP contribution is 2.26. The maximum absolute atomic E-state index is 5.70. The SMILES string of the molecule is Cc1cc(CN)nc(N2CCCC(C(C)C)CC2)n1. The second kappa shape index (κ2) is 6.33. The lowest BCUT2D eigenvalue weighted by molar-refractivity contribution is 0.351. The van der Waals surface area contributed by atoms with Crippen LogP contribution in [0.5, 0.6) is 0 Å². The van der Waals surface area contributed by atoms with Gasteiger partial charge in [0.2, 0.25) is 5.95 Å². The molecule has 4 heteroatoms. The summed E-state index contributed by atoms with van der Waals surface area (Å²) >= 11 is 0. The van der Waals surface area contributed by atoms with Crippen molar-refractivity contribution in [1.29, 1.82) is 0 Å². The lowest BCUT2D eigenvalue weighted by Crippen LogP contribution is -2.27. The number of nitrogens with zero attached hydrogens (tertiary/aromatic N) is 3. The second-order valence-electron chi connectivity index (χ2n) is 5.93. The monoisotopic (exact) mass is 262 g/mol. The Labute approximate surface area is 116 Å². The first kappa shape index (κ1) is 14.3. The van der Waals surface area contributed by atoms with Gasteiger partial charge < -0.3 is 10.6 Å². The molecule has 2 N–H and O–H groups in total. The summed E-state index contributed by atoms with van der Waals surface area (Å²) in [4.78, 5) is 11.5. The molecule has 1 aromatic rings. The first-order valence-corrected chi connectivity index (χ1v) is 7.39. The van der Waals surface area contributed by atoms with Gasteiger partial charge in [-0.1, -0.05) is 13.8 Å². The molecule has 0 radical (unpaired) electrons. The van der Waals surface area contributed by atoms with Gasteiger partial charge in [0, 0.05) is 25.3 Å². The van der Waals surface area contributed by atoms with Crippen LogP contribution in [0.2, 0.25) is 0 Å². The Kier molecular flexibility index (Phi) is 4.75. The van der Waals surface area contributed by atoms with Crippen molar-refractivity contribution < 1.29 is 0 Å². The van der Waals surface area contributed by atoms with Gasteiger partial charge in [0.25, 0.3) is 0 Å². The van der Waals surface area contributed by atoms with E-state index in [1.165, 1.54) is 19.3 Å². The van der Waals surface area contributed by atoms with Crippen molar-refractivity contribution in [3.63, 3.8) is 0 Å². The van der Waals surface area contributed by atoms with Gasteiger partial charge in [-0.15, -0.1) is 0 Å². The molecule has 106 valence electrons. The quantitative estimate of drug-likeness (QED) is 0.909. The summed E-state index contributed by atoms with van der Waals surface area (Å²) in [7, 11) is 0. The fourth-order valence-electron chi connectivity index (χ4n) is 2.85. The molecule has 1 aromatic heterocycles. The maximum Gasteiger partial charge on any atom is 0.225 e. The summed E-state index contributed by atoms with van der Waals surface area (Å²) in [6, 6.07) is 1.97. The highest BCUT2D eigenvalue weighted by atomic mass is 15.2. The minimum Gasteiger partial charge on any atom is -0.341 e. The topological polar surface area (TPSA) is 55.0 Å². The summed E-state index contributed by atoms with van der Waals surface area (Å²) in [6.07, 6.45) is 3.80. The van der Waals surface area contributed by atoms with Crippen LogP contribution in [0, 0.1) is 18.8 Å². The predicted octanol–water partition coefficient (Wildman–Crippen LogP) is 2.51. The Bertz CT molecular complexity index is 417. The van der Waals surface area contributed by atoms with Crippen molar-refractivity contribution in [2.45, 2.75) is 46.6 Å². The van der Waals surface area contributed by atoms with Crippen LogP contribution in [-0.2, 0) is 6.54 Å². The van der Waals surface area contributed by atoms with E-state index in [-0.39, 0.29) is 0 Å². The average Bonchev–Trinajstić information content (AvgIpc) is 2.63. The van der Waals surface area contributed by atoms with Crippen molar-refractivity contribution in [3.05, 3.63) is 17.5 Å². The maximum atomic E-state index is 5.70. The molecule has 0 bridgehead atoms. The summed E-state index contributed by atoms with van der Waals surface area (Å²) in [5.74, 6) is 2.48. The number of aromatic nitrogens is 2. The molecule has 1 unspecified atom stereocenters. The van der Waals surface area contributed by atoms with Crippen LogP contribution in [0.4, 0.5) is 5.95 Å². The minimum atomic E-state index is 0.485. The Hall–Kier alpha value is -1.16. The molecule has 1 atom stereocenters. The zero-order valence-corrected chi connectivity index (χ0v) is 12.4. The smallest absolute Gasteiger partial charge is 0.225 e. The van der Waals surface area contributed by atoms with E-state index in [2.05, 4.69) is 28.7 Å². The largest absolute Gasteiger partial charge is 0.341 e. The number of anilines is 1. The van der Waals surface area contributed by atoms with E-state index in [9.17, 15) is 0 Å². The number of nitrogens with two attached hydrogens (primary N) is 1. The Morgan fingerprint density at radius 3 is 2.79 bits per heavy atom. The Morgan fingerprint density at radius 2 is 2.11 bits per heavy atom. The minimum absolute atomic E-state index is 0.485. The van der Waals surface area contributed by atoms with Crippen LogP contribution in [-0.4, -0.2) is 23.1 Å².